The van der Waals surface area contributed by atoms with E-state index in [9.17, 15) is 5.11 Å². The molecule has 0 radical (unpaired) electrons. The van der Waals surface area contributed by atoms with Gasteiger partial charge in [0.15, 0.2) is 0 Å². The number of phenols is 1. The van der Waals surface area contributed by atoms with E-state index in [1.54, 1.807) is 6.07 Å². The second-order valence-electron chi connectivity index (χ2n) is 4.22. The van der Waals surface area contributed by atoms with Crippen molar-refractivity contribution in [3.63, 3.8) is 0 Å². The highest BCUT2D eigenvalue weighted by Crippen LogP contribution is 2.26. The van der Waals surface area contributed by atoms with Crippen molar-refractivity contribution in [2.45, 2.75) is 32.2 Å². The molecule has 1 aromatic carbocycles. The van der Waals surface area contributed by atoms with Crippen LogP contribution in [-0.4, -0.2) is 24.1 Å². The number of benzene rings is 1. The van der Waals surface area contributed by atoms with E-state index in [-0.39, 0.29) is 0 Å². The Morgan fingerprint density at radius 3 is 2.60 bits per heavy atom. The third kappa shape index (κ3) is 3.56. The highest BCUT2D eigenvalue weighted by Gasteiger charge is 2.13. The molecule has 0 aromatic heterocycles. The van der Waals surface area contributed by atoms with Gasteiger partial charge < -0.3 is 10.0 Å². The molecule has 0 spiro atoms. The van der Waals surface area contributed by atoms with Crippen LogP contribution in [0.25, 0.3) is 0 Å². The molecular formula is C13H21NO. The van der Waals surface area contributed by atoms with Gasteiger partial charge in [-0.25, -0.2) is 0 Å². The zero-order valence-electron chi connectivity index (χ0n) is 9.90. The molecule has 84 valence electrons. The lowest BCUT2D eigenvalue weighted by molar-refractivity contribution is 0.278. The second kappa shape index (κ2) is 5.76. The van der Waals surface area contributed by atoms with E-state index in [0.717, 1.165) is 6.42 Å². The standard InChI is InChI=1S/C13H21NO/c1-4-5-9-13(14(2)3)11-7-6-8-12(15)10-11/h6-8,10,13,15H,4-5,9H2,1-3H3. The van der Waals surface area contributed by atoms with Crippen molar-refractivity contribution in [2.24, 2.45) is 0 Å². The van der Waals surface area contributed by atoms with Crippen LogP contribution in [-0.2, 0) is 0 Å². The molecule has 0 saturated carbocycles. The van der Waals surface area contributed by atoms with E-state index in [0.29, 0.717) is 11.8 Å². The Labute approximate surface area is 92.5 Å². The summed E-state index contributed by atoms with van der Waals surface area (Å²) >= 11 is 0. The Morgan fingerprint density at radius 2 is 2.07 bits per heavy atom. The Balaban J connectivity index is 2.79. The molecule has 1 unspecified atom stereocenters. The fraction of sp³-hybridized carbons (Fsp3) is 0.538. The first kappa shape index (κ1) is 12.1. The van der Waals surface area contributed by atoms with Crippen LogP contribution >= 0.6 is 0 Å². The lowest BCUT2D eigenvalue weighted by atomic mass is 10.00. The van der Waals surface area contributed by atoms with Gasteiger partial charge in [0, 0.05) is 6.04 Å². The van der Waals surface area contributed by atoms with Gasteiger partial charge in [0.25, 0.3) is 0 Å². The number of hydrogen-bond acceptors (Lipinski definition) is 2. The Morgan fingerprint density at radius 1 is 1.33 bits per heavy atom. The van der Waals surface area contributed by atoms with E-state index in [1.807, 2.05) is 12.1 Å². The molecule has 1 atom stereocenters. The lowest BCUT2D eigenvalue weighted by Gasteiger charge is -2.24. The Hall–Kier alpha value is -1.02. The third-order valence-corrected chi connectivity index (χ3v) is 2.71. The summed E-state index contributed by atoms with van der Waals surface area (Å²) < 4.78 is 0. The summed E-state index contributed by atoms with van der Waals surface area (Å²) in [4.78, 5) is 2.21. The maximum absolute atomic E-state index is 9.45. The first-order valence-corrected chi connectivity index (χ1v) is 5.60. The molecule has 0 amide bonds. The minimum absolute atomic E-state index is 0.357. The molecule has 0 aliphatic carbocycles. The summed E-state index contributed by atoms with van der Waals surface area (Å²) in [6, 6.07) is 7.99. The SMILES string of the molecule is CCCCC(c1cccc(O)c1)N(C)C. The molecule has 1 aromatic rings. The minimum Gasteiger partial charge on any atom is -0.508 e. The van der Waals surface area contributed by atoms with Crippen molar-refractivity contribution in [3.8, 4) is 5.75 Å². The number of phenolic OH excluding ortho intramolecular Hbond substituents is 1. The average Bonchev–Trinajstić information content (AvgIpc) is 2.18. The first-order chi connectivity index (χ1) is 7.15. The third-order valence-electron chi connectivity index (χ3n) is 2.71. The molecule has 1 N–H and O–H groups in total. The van der Waals surface area contributed by atoms with Gasteiger partial charge >= 0.3 is 0 Å². The molecule has 0 fully saturated rings. The predicted octanol–water partition coefficient (Wildman–Crippen LogP) is 3.19. The van der Waals surface area contributed by atoms with E-state index < -0.39 is 0 Å². The van der Waals surface area contributed by atoms with Crippen molar-refractivity contribution < 1.29 is 5.11 Å². The van der Waals surface area contributed by atoms with Crippen LogP contribution in [0.4, 0.5) is 0 Å². The molecule has 0 heterocycles. The van der Waals surface area contributed by atoms with E-state index in [4.69, 9.17) is 0 Å². The van der Waals surface area contributed by atoms with Crippen molar-refractivity contribution >= 4 is 0 Å². The van der Waals surface area contributed by atoms with Crippen LogP contribution in [0.2, 0.25) is 0 Å². The molecule has 2 heteroatoms. The largest absolute Gasteiger partial charge is 0.508 e. The molecule has 0 saturated heterocycles. The van der Waals surface area contributed by atoms with E-state index >= 15 is 0 Å². The summed E-state index contributed by atoms with van der Waals surface area (Å²) in [5, 5.41) is 9.45. The van der Waals surface area contributed by atoms with Crippen molar-refractivity contribution in [3.05, 3.63) is 29.8 Å². The lowest BCUT2D eigenvalue weighted by Crippen LogP contribution is -2.19. The number of hydrogen-bond donors (Lipinski definition) is 1. The summed E-state index contributed by atoms with van der Waals surface area (Å²) in [6.45, 7) is 2.20. The normalized spacial score (nSPS) is 13.1. The molecule has 15 heavy (non-hydrogen) atoms. The second-order valence-corrected chi connectivity index (χ2v) is 4.22. The molecule has 0 aliphatic rings. The fourth-order valence-corrected chi connectivity index (χ4v) is 1.85. The molecule has 2 nitrogen and oxygen atoms in total. The predicted molar refractivity (Wildman–Crippen MR) is 64.1 cm³/mol. The highest BCUT2D eigenvalue weighted by molar-refractivity contribution is 5.29. The topological polar surface area (TPSA) is 23.5 Å². The highest BCUT2D eigenvalue weighted by atomic mass is 16.3. The van der Waals surface area contributed by atoms with Crippen LogP contribution in [0.15, 0.2) is 24.3 Å². The summed E-state index contributed by atoms with van der Waals surface area (Å²) in [5.41, 5.74) is 1.20. The Kier molecular flexibility index (Phi) is 4.63. The summed E-state index contributed by atoms with van der Waals surface area (Å²) in [7, 11) is 4.18. The maximum atomic E-state index is 9.45. The van der Waals surface area contributed by atoms with Gasteiger partial charge in [-0.1, -0.05) is 31.9 Å². The zero-order valence-corrected chi connectivity index (χ0v) is 9.90. The number of rotatable bonds is 5. The molecular weight excluding hydrogens is 186 g/mol. The Bertz CT molecular complexity index is 296. The molecule has 0 aliphatic heterocycles. The van der Waals surface area contributed by atoms with Crippen molar-refractivity contribution in [2.75, 3.05) is 14.1 Å². The van der Waals surface area contributed by atoms with Gasteiger partial charge in [-0.3, -0.25) is 0 Å². The maximum Gasteiger partial charge on any atom is 0.115 e. The van der Waals surface area contributed by atoms with Crippen LogP contribution in [0.5, 0.6) is 5.75 Å². The average molecular weight is 207 g/mol. The summed E-state index contributed by atoms with van der Waals surface area (Å²) in [5.74, 6) is 0.357. The molecule has 1 rings (SSSR count). The van der Waals surface area contributed by atoms with Gasteiger partial charge in [-0.15, -0.1) is 0 Å². The van der Waals surface area contributed by atoms with Gasteiger partial charge in [-0.05, 0) is 38.2 Å². The fourth-order valence-electron chi connectivity index (χ4n) is 1.85. The first-order valence-electron chi connectivity index (χ1n) is 5.60. The molecule has 0 bridgehead atoms. The van der Waals surface area contributed by atoms with Gasteiger partial charge in [0.05, 0.1) is 0 Å². The van der Waals surface area contributed by atoms with Gasteiger partial charge in [0.1, 0.15) is 5.75 Å². The number of aromatic hydroxyl groups is 1. The van der Waals surface area contributed by atoms with Crippen LogP contribution < -0.4 is 0 Å². The van der Waals surface area contributed by atoms with Crippen molar-refractivity contribution in [1.82, 2.24) is 4.90 Å². The van der Waals surface area contributed by atoms with Crippen LogP contribution in [0.3, 0.4) is 0 Å². The van der Waals surface area contributed by atoms with Gasteiger partial charge in [0.2, 0.25) is 0 Å². The minimum atomic E-state index is 0.357. The van der Waals surface area contributed by atoms with Crippen LogP contribution in [0.1, 0.15) is 37.8 Å². The van der Waals surface area contributed by atoms with Gasteiger partial charge in [-0.2, -0.15) is 0 Å². The summed E-state index contributed by atoms with van der Waals surface area (Å²) in [6.07, 6.45) is 3.58. The van der Waals surface area contributed by atoms with E-state index in [1.165, 1.54) is 18.4 Å². The quantitative estimate of drug-likeness (QED) is 0.801. The zero-order chi connectivity index (χ0) is 11.3. The van der Waals surface area contributed by atoms with Crippen molar-refractivity contribution in [1.29, 1.82) is 0 Å². The number of nitrogens with zero attached hydrogens (tertiary/aromatic N) is 1. The van der Waals surface area contributed by atoms with Crippen LogP contribution in [0, 0.1) is 0 Å². The number of unbranched alkanes of at least 4 members (excludes halogenated alkanes) is 1. The van der Waals surface area contributed by atoms with E-state index in [2.05, 4.69) is 32.0 Å². The monoisotopic (exact) mass is 207 g/mol. The smallest absolute Gasteiger partial charge is 0.115 e.